The lowest BCUT2D eigenvalue weighted by Gasteiger charge is -2.39. The summed E-state index contributed by atoms with van der Waals surface area (Å²) in [6, 6.07) is 0.990. The maximum absolute atomic E-state index is 12.4. The Kier molecular flexibility index (Phi) is 6.50. The fraction of sp³-hybridized carbons (Fsp3) is 1.00. The highest BCUT2D eigenvalue weighted by molar-refractivity contribution is 7.89. The van der Waals surface area contributed by atoms with Crippen LogP contribution in [0.15, 0.2) is 0 Å². The molecule has 0 aromatic heterocycles. The van der Waals surface area contributed by atoms with E-state index in [4.69, 9.17) is 4.74 Å². The molecule has 0 aliphatic carbocycles. The number of piperidine rings is 1. The van der Waals surface area contributed by atoms with Crippen LogP contribution in [-0.4, -0.2) is 68.8 Å². The fourth-order valence-corrected chi connectivity index (χ4v) is 5.86. The Labute approximate surface area is 142 Å². The first-order valence-electron chi connectivity index (χ1n) is 9.06. The van der Waals surface area contributed by atoms with Crippen molar-refractivity contribution >= 4 is 10.0 Å². The van der Waals surface area contributed by atoms with Gasteiger partial charge in [-0.15, -0.1) is 0 Å². The molecule has 2 rings (SSSR count). The molecule has 0 N–H and O–H groups in total. The molecule has 5 nitrogen and oxygen atoms in total. The van der Waals surface area contributed by atoms with Gasteiger partial charge in [0.1, 0.15) is 0 Å². The van der Waals surface area contributed by atoms with Crippen LogP contribution in [0.1, 0.15) is 52.9 Å². The van der Waals surface area contributed by atoms with Crippen LogP contribution in [0.3, 0.4) is 0 Å². The Morgan fingerprint density at radius 2 is 1.91 bits per heavy atom. The molecule has 0 aromatic rings. The molecule has 2 aliphatic rings. The first-order chi connectivity index (χ1) is 10.8. The lowest BCUT2D eigenvalue weighted by molar-refractivity contribution is 0.0969. The Balaban J connectivity index is 1.98. The van der Waals surface area contributed by atoms with Crippen LogP contribution >= 0.6 is 0 Å². The average molecular weight is 347 g/mol. The molecule has 6 heteroatoms. The Morgan fingerprint density at radius 1 is 1.26 bits per heavy atom. The number of sulfonamides is 1. The van der Waals surface area contributed by atoms with E-state index in [1.807, 2.05) is 6.92 Å². The first-order valence-corrected chi connectivity index (χ1v) is 10.7. The van der Waals surface area contributed by atoms with Crippen LogP contribution in [0, 0.1) is 5.41 Å². The third kappa shape index (κ3) is 4.47. The van der Waals surface area contributed by atoms with Crippen molar-refractivity contribution in [2.45, 2.75) is 65.0 Å². The largest absolute Gasteiger partial charge is 0.383 e. The van der Waals surface area contributed by atoms with Crippen molar-refractivity contribution in [3.63, 3.8) is 0 Å². The van der Waals surface area contributed by atoms with Gasteiger partial charge in [0, 0.05) is 38.8 Å². The Hall–Kier alpha value is -0.170. The quantitative estimate of drug-likeness (QED) is 0.710. The molecule has 2 heterocycles. The number of rotatable bonds is 7. The van der Waals surface area contributed by atoms with Crippen molar-refractivity contribution < 1.29 is 13.2 Å². The van der Waals surface area contributed by atoms with Crippen molar-refractivity contribution in [3.8, 4) is 0 Å². The van der Waals surface area contributed by atoms with Gasteiger partial charge >= 0.3 is 0 Å². The predicted molar refractivity (Wildman–Crippen MR) is 94.1 cm³/mol. The Bertz CT molecular complexity index is 470. The van der Waals surface area contributed by atoms with Gasteiger partial charge in [0.25, 0.3) is 0 Å². The molecule has 23 heavy (non-hydrogen) atoms. The molecule has 2 fully saturated rings. The van der Waals surface area contributed by atoms with Gasteiger partial charge in [-0.1, -0.05) is 13.3 Å². The zero-order valence-electron chi connectivity index (χ0n) is 15.3. The normalized spacial score (nSPS) is 26.4. The van der Waals surface area contributed by atoms with E-state index in [1.54, 1.807) is 11.4 Å². The number of unbranched alkanes of at least 4 members (excludes halogenated alkanes) is 1. The van der Waals surface area contributed by atoms with Gasteiger partial charge in [-0.2, -0.15) is 0 Å². The molecule has 0 unspecified atom stereocenters. The van der Waals surface area contributed by atoms with E-state index in [0.717, 1.165) is 45.3 Å². The summed E-state index contributed by atoms with van der Waals surface area (Å²) >= 11 is 0. The summed E-state index contributed by atoms with van der Waals surface area (Å²) in [7, 11) is -1.28. The maximum atomic E-state index is 12.4. The monoisotopic (exact) mass is 346 g/mol. The van der Waals surface area contributed by atoms with E-state index in [9.17, 15) is 8.42 Å². The minimum absolute atomic E-state index is 0.282. The maximum Gasteiger partial charge on any atom is 0.214 e. The lowest BCUT2D eigenvalue weighted by Crippen LogP contribution is -2.45. The lowest BCUT2D eigenvalue weighted by atomic mass is 9.77. The summed E-state index contributed by atoms with van der Waals surface area (Å²) in [6.07, 6.45) is 4.81. The molecule has 0 aromatic carbocycles. The zero-order valence-corrected chi connectivity index (χ0v) is 16.1. The van der Waals surface area contributed by atoms with E-state index in [2.05, 4.69) is 18.7 Å². The minimum atomic E-state index is -3.05. The van der Waals surface area contributed by atoms with Crippen LogP contribution in [0.4, 0.5) is 0 Å². The number of hydrogen-bond donors (Lipinski definition) is 0. The van der Waals surface area contributed by atoms with Crippen molar-refractivity contribution in [1.82, 2.24) is 9.21 Å². The van der Waals surface area contributed by atoms with Gasteiger partial charge < -0.3 is 4.74 Å². The SMILES string of the molecule is CCCCS(=O)(=O)N1CCC2(CC1)C[C@H](COC)N(C(C)C)C2. The molecule has 136 valence electrons. The second-order valence-corrected chi connectivity index (χ2v) is 9.74. The van der Waals surface area contributed by atoms with Gasteiger partial charge in [0.15, 0.2) is 0 Å². The number of nitrogens with zero attached hydrogens (tertiary/aromatic N) is 2. The summed E-state index contributed by atoms with van der Waals surface area (Å²) in [6.45, 7) is 9.77. The van der Waals surface area contributed by atoms with E-state index in [0.29, 0.717) is 30.9 Å². The third-order valence-corrected chi connectivity index (χ3v) is 7.57. The molecule has 2 aliphatic heterocycles. The van der Waals surface area contributed by atoms with Crippen LogP contribution in [0.25, 0.3) is 0 Å². The van der Waals surface area contributed by atoms with Crippen LogP contribution in [0.5, 0.6) is 0 Å². The molecule has 0 saturated carbocycles. The topological polar surface area (TPSA) is 49.9 Å². The molecule has 0 amide bonds. The highest BCUT2D eigenvalue weighted by Crippen LogP contribution is 2.44. The summed E-state index contributed by atoms with van der Waals surface area (Å²) in [5, 5.41) is 0. The van der Waals surface area contributed by atoms with E-state index in [1.165, 1.54) is 0 Å². The third-order valence-electron chi connectivity index (χ3n) is 5.61. The summed E-state index contributed by atoms with van der Waals surface area (Å²) in [5.74, 6) is 0.306. The second kappa shape index (κ2) is 7.81. The van der Waals surface area contributed by atoms with Crippen molar-refractivity contribution in [1.29, 1.82) is 0 Å². The van der Waals surface area contributed by atoms with E-state index in [-0.39, 0.29) is 5.41 Å². The number of likely N-dealkylation sites (tertiary alicyclic amines) is 1. The molecule has 2 saturated heterocycles. The van der Waals surface area contributed by atoms with E-state index >= 15 is 0 Å². The van der Waals surface area contributed by atoms with Crippen LogP contribution < -0.4 is 0 Å². The summed E-state index contributed by atoms with van der Waals surface area (Å²) in [4.78, 5) is 2.55. The highest BCUT2D eigenvalue weighted by atomic mass is 32.2. The van der Waals surface area contributed by atoms with Crippen molar-refractivity contribution in [2.24, 2.45) is 5.41 Å². The molecule has 1 atom stereocenters. The highest BCUT2D eigenvalue weighted by Gasteiger charge is 2.47. The van der Waals surface area contributed by atoms with Crippen molar-refractivity contribution in [3.05, 3.63) is 0 Å². The number of hydrogen-bond acceptors (Lipinski definition) is 4. The molecular formula is C17H34N2O3S. The van der Waals surface area contributed by atoms with Crippen molar-refractivity contribution in [2.75, 3.05) is 39.1 Å². The average Bonchev–Trinajstić information content (AvgIpc) is 2.85. The van der Waals surface area contributed by atoms with Gasteiger partial charge in [0.2, 0.25) is 10.0 Å². The van der Waals surface area contributed by atoms with Gasteiger partial charge in [-0.05, 0) is 44.9 Å². The van der Waals surface area contributed by atoms with Crippen LogP contribution in [0.2, 0.25) is 0 Å². The smallest absolute Gasteiger partial charge is 0.214 e. The molecule has 0 radical (unpaired) electrons. The standard InChI is InChI=1S/C17H34N2O3S/c1-5-6-11-23(20,21)18-9-7-17(8-10-18)12-16(13-22-4)19(14-17)15(2)3/h15-16H,5-14H2,1-4H3/t16-/m1/s1. The molecular weight excluding hydrogens is 312 g/mol. The molecule has 1 spiro atoms. The molecule has 0 bridgehead atoms. The summed E-state index contributed by atoms with van der Waals surface area (Å²) in [5.41, 5.74) is 0.282. The van der Waals surface area contributed by atoms with Crippen LogP contribution in [-0.2, 0) is 14.8 Å². The fourth-order valence-electron chi connectivity index (χ4n) is 4.21. The van der Waals surface area contributed by atoms with Gasteiger partial charge in [-0.3, -0.25) is 4.90 Å². The Morgan fingerprint density at radius 3 is 2.43 bits per heavy atom. The van der Waals surface area contributed by atoms with E-state index < -0.39 is 10.0 Å². The summed E-state index contributed by atoms with van der Waals surface area (Å²) < 4.78 is 31.9. The number of ether oxygens (including phenoxy) is 1. The first kappa shape index (κ1) is 19.2. The van der Waals surface area contributed by atoms with Gasteiger partial charge in [-0.25, -0.2) is 12.7 Å². The van der Waals surface area contributed by atoms with Gasteiger partial charge in [0.05, 0.1) is 12.4 Å². The predicted octanol–water partition coefficient (Wildman–Crippen LogP) is 2.33. The zero-order chi connectivity index (χ0) is 17.1. The second-order valence-electron chi connectivity index (χ2n) is 7.65. The number of methoxy groups -OCH3 is 1. The minimum Gasteiger partial charge on any atom is -0.383 e.